The van der Waals surface area contributed by atoms with E-state index in [1.54, 1.807) is 0 Å². The van der Waals surface area contributed by atoms with Crippen LogP contribution in [0.15, 0.2) is 18.2 Å². The molecule has 11 heteroatoms. The lowest BCUT2D eigenvalue weighted by atomic mass is 10.00. The second-order valence-electron chi connectivity index (χ2n) is 4.60. The monoisotopic (exact) mass is 347 g/mol. The lowest BCUT2D eigenvalue weighted by Crippen LogP contribution is -2.12. The number of nitrogens with zero attached hydrogens (tertiary/aromatic N) is 3. The molecule has 0 amide bonds. The molecule has 24 heavy (non-hydrogen) atoms. The molecule has 0 unspecified atom stereocenters. The number of rotatable bonds is 1. The molecule has 1 aromatic heterocycles. The highest BCUT2D eigenvalue weighted by molar-refractivity contribution is 5.74. The van der Waals surface area contributed by atoms with Crippen LogP contribution in [0.5, 0.6) is 0 Å². The van der Waals surface area contributed by atoms with Gasteiger partial charge in [-0.1, -0.05) is 0 Å². The van der Waals surface area contributed by atoms with Gasteiger partial charge in [0.15, 0.2) is 0 Å². The van der Waals surface area contributed by atoms with E-state index >= 15 is 0 Å². The van der Waals surface area contributed by atoms with Crippen LogP contribution in [0.1, 0.15) is 16.7 Å². The summed E-state index contributed by atoms with van der Waals surface area (Å²) < 4.78 is 77.3. The van der Waals surface area contributed by atoms with Crippen LogP contribution >= 0.6 is 0 Å². The Morgan fingerprint density at radius 1 is 0.875 bits per heavy atom. The van der Waals surface area contributed by atoms with E-state index in [1.165, 1.54) is 6.07 Å². The molecule has 0 aliphatic rings. The van der Waals surface area contributed by atoms with E-state index in [4.69, 9.17) is 16.7 Å². The van der Waals surface area contributed by atoms with E-state index in [2.05, 4.69) is 9.97 Å². The summed E-state index contributed by atoms with van der Waals surface area (Å²) in [5.74, 6) is -0.946. The maximum absolute atomic E-state index is 12.9. The van der Waals surface area contributed by atoms with Gasteiger partial charge >= 0.3 is 12.4 Å². The predicted molar refractivity (Wildman–Crippen MR) is 71.0 cm³/mol. The van der Waals surface area contributed by atoms with Gasteiger partial charge in [-0.3, -0.25) is 0 Å². The van der Waals surface area contributed by atoms with Crippen molar-refractivity contribution in [2.45, 2.75) is 12.4 Å². The standard InChI is InChI=1S/C13H7F6N5/c14-12(15,16)6-1-5(2-7(3-6)13(17,18)19)9-8(4-20)10(21)24-11(22)23-9/h1-3H,(H4,21,22,23,24). The minimum absolute atomic E-state index is 0.0382. The van der Waals surface area contributed by atoms with Crippen molar-refractivity contribution < 1.29 is 26.3 Å². The number of benzene rings is 1. The Bertz CT molecular complexity index is 802. The molecule has 2 rings (SSSR count). The van der Waals surface area contributed by atoms with E-state index in [0.717, 1.165) is 0 Å². The molecule has 5 nitrogen and oxygen atoms in total. The number of nitrogens with two attached hydrogens (primary N) is 2. The fraction of sp³-hybridized carbons (Fsp3) is 0.154. The van der Waals surface area contributed by atoms with Gasteiger partial charge in [-0.2, -0.15) is 36.6 Å². The molecule has 0 fully saturated rings. The van der Waals surface area contributed by atoms with Crippen LogP contribution < -0.4 is 11.5 Å². The van der Waals surface area contributed by atoms with Gasteiger partial charge in [0.05, 0.1) is 16.8 Å². The number of alkyl halides is 6. The molecule has 0 saturated carbocycles. The molecular weight excluding hydrogens is 340 g/mol. The molecule has 0 spiro atoms. The molecule has 4 N–H and O–H groups in total. The van der Waals surface area contributed by atoms with Crippen LogP contribution in [0.3, 0.4) is 0 Å². The lowest BCUT2D eigenvalue weighted by molar-refractivity contribution is -0.143. The van der Waals surface area contributed by atoms with Crippen molar-refractivity contribution in [2.24, 2.45) is 0 Å². The van der Waals surface area contributed by atoms with E-state index < -0.39 is 52.1 Å². The summed E-state index contributed by atoms with van der Waals surface area (Å²) in [6, 6.07) is 2.36. The van der Waals surface area contributed by atoms with Crippen molar-refractivity contribution in [3.8, 4) is 17.3 Å². The van der Waals surface area contributed by atoms with Crippen LogP contribution in [0.25, 0.3) is 11.3 Å². The SMILES string of the molecule is N#Cc1c(N)nc(N)nc1-c1cc(C(F)(F)F)cc(C(F)(F)F)c1. The van der Waals surface area contributed by atoms with Crippen LogP contribution in [0, 0.1) is 11.3 Å². The third-order valence-electron chi connectivity index (χ3n) is 2.93. The number of hydrogen-bond acceptors (Lipinski definition) is 5. The zero-order chi connectivity index (χ0) is 18.3. The summed E-state index contributed by atoms with van der Waals surface area (Å²) in [4.78, 5) is 7.00. The van der Waals surface area contributed by atoms with Gasteiger partial charge in [0.2, 0.25) is 5.95 Å². The Labute approximate surface area is 130 Å². The highest BCUT2D eigenvalue weighted by Gasteiger charge is 2.37. The largest absolute Gasteiger partial charge is 0.416 e. The van der Waals surface area contributed by atoms with Gasteiger partial charge in [0.1, 0.15) is 17.5 Å². The Kier molecular flexibility index (Phi) is 4.01. The normalized spacial score (nSPS) is 12.0. The number of nitriles is 1. The number of anilines is 2. The number of hydrogen-bond donors (Lipinski definition) is 2. The van der Waals surface area contributed by atoms with Crippen molar-refractivity contribution in [2.75, 3.05) is 11.5 Å². The van der Waals surface area contributed by atoms with Crippen LogP contribution in [-0.2, 0) is 12.4 Å². The summed E-state index contributed by atoms with van der Waals surface area (Å²) in [5.41, 5.74) is 6.04. The second-order valence-corrected chi connectivity index (χ2v) is 4.60. The Morgan fingerprint density at radius 2 is 1.38 bits per heavy atom. The minimum Gasteiger partial charge on any atom is -0.382 e. The molecule has 0 radical (unpaired) electrons. The molecule has 1 aromatic carbocycles. The fourth-order valence-electron chi connectivity index (χ4n) is 1.91. The number of nitrogen functional groups attached to an aromatic ring is 2. The van der Waals surface area contributed by atoms with Gasteiger partial charge in [0, 0.05) is 5.56 Å². The zero-order valence-electron chi connectivity index (χ0n) is 11.5. The third-order valence-corrected chi connectivity index (χ3v) is 2.93. The van der Waals surface area contributed by atoms with Crippen LogP contribution in [-0.4, -0.2) is 9.97 Å². The average Bonchev–Trinajstić information content (AvgIpc) is 2.44. The first kappa shape index (κ1) is 17.3. The number of aromatic nitrogens is 2. The molecule has 0 aliphatic carbocycles. The van der Waals surface area contributed by atoms with E-state index in [9.17, 15) is 26.3 Å². The van der Waals surface area contributed by atoms with E-state index in [-0.39, 0.29) is 6.07 Å². The smallest absolute Gasteiger partial charge is 0.382 e. The van der Waals surface area contributed by atoms with Crippen molar-refractivity contribution in [3.63, 3.8) is 0 Å². The third kappa shape index (κ3) is 3.32. The van der Waals surface area contributed by atoms with Gasteiger partial charge in [-0.15, -0.1) is 0 Å². The van der Waals surface area contributed by atoms with Gasteiger partial charge in [-0.25, -0.2) is 4.98 Å². The first-order valence-corrected chi connectivity index (χ1v) is 6.06. The molecule has 0 atom stereocenters. The second kappa shape index (κ2) is 5.55. The Balaban J connectivity index is 2.83. The minimum atomic E-state index is -5.03. The summed E-state index contributed by atoms with van der Waals surface area (Å²) >= 11 is 0. The van der Waals surface area contributed by atoms with E-state index in [1.807, 2.05) is 0 Å². The quantitative estimate of drug-likeness (QED) is 0.771. The average molecular weight is 347 g/mol. The molecule has 0 bridgehead atoms. The van der Waals surface area contributed by atoms with Crippen molar-refractivity contribution in [1.82, 2.24) is 9.97 Å². The molecular formula is C13H7F6N5. The maximum atomic E-state index is 12.9. The first-order valence-electron chi connectivity index (χ1n) is 6.06. The molecule has 2 aromatic rings. The van der Waals surface area contributed by atoms with Crippen LogP contribution in [0.2, 0.25) is 0 Å². The first-order chi connectivity index (χ1) is 10.9. The van der Waals surface area contributed by atoms with Crippen LogP contribution in [0.4, 0.5) is 38.1 Å². The zero-order valence-corrected chi connectivity index (χ0v) is 11.5. The summed E-state index contributed by atoms with van der Waals surface area (Å²) in [6.07, 6.45) is -10.1. The summed E-state index contributed by atoms with van der Waals surface area (Å²) in [5, 5.41) is 9.01. The van der Waals surface area contributed by atoms with Gasteiger partial charge in [0.25, 0.3) is 0 Å². The topological polar surface area (TPSA) is 102 Å². The predicted octanol–water partition coefficient (Wildman–Crippen LogP) is 3.22. The lowest BCUT2D eigenvalue weighted by Gasteiger charge is -2.15. The molecule has 1 heterocycles. The Hall–Kier alpha value is -3.03. The molecule has 0 aliphatic heterocycles. The van der Waals surface area contributed by atoms with Gasteiger partial charge < -0.3 is 11.5 Å². The summed E-state index contributed by atoms with van der Waals surface area (Å²) in [7, 11) is 0. The highest BCUT2D eigenvalue weighted by Crippen LogP contribution is 2.39. The Morgan fingerprint density at radius 3 is 1.79 bits per heavy atom. The maximum Gasteiger partial charge on any atom is 0.416 e. The fourth-order valence-corrected chi connectivity index (χ4v) is 1.91. The van der Waals surface area contributed by atoms with Gasteiger partial charge in [-0.05, 0) is 18.2 Å². The van der Waals surface area contributed by atoms with Crippen molar-refractivity contribution >= 4 is 11.8 Å². The highest BCUT2D eigenvalue weighted by atomic mass is 19.4. The summed E-state index contributed by atoms with van der Waals surface area (Å²) in [6.45, 7) is 0. The molecule has 126 valence electrons. The van der Waals surface area contributed by atoms with Crippen molar-refractivity contribution in [1.29, 1.82) is 5.26 Å². The number of halogens is 6. The van der Waals surface area contributed by atoms with E-state index in [0.29, 0.717) is 12.1 Å². The molecule has 0 saturated heterocycles. The van der Waals surface area contributed by atoms with Crippen molar-refractivity contribution in [3.05, 3.63) is 34.9 Å².